The number of methoxy groups -OCH3 is 1. The minimum absolute atomic E-state index is 0.0278. The summed E-state index contributed by atoms with van der Waals surface area (Å²) in [7, 11) is 1.47. The molecule has 1 aliphatic heterocycles. The number of hydrogen-bond acceptors (Lipinski definition) is 3. The number of rotatable bonds is 1. The maximum Gasteiger partial charge on any atom is 0.313 e. The SMILES string of the molecule is COC(=O)[C@@]12C[C@@H]1CN[C@@H]2C. The monoisotopic (exact) mass is 155 g/mol. The van der Waals surface area contributed by atoms with Crippen molar-refractivity contribution in [3.63, 3.8) is 0 Å². The summed E-state index contributed by atoms with van der Waals surface area (Å²) in [4.78, 5) is 11.3. The highest BCUT2D eigenvalue weighted by Crippen LogP contribution is 2.58. The minimum atomic E-state index is -0.144. The molecule has 0 unspecified atom stereocenters. The Hall–Kier alpha value is -0.570. The van der Waals surface area contributed by atoms with E-state index in [0.29, 0.717) is 12.0 Å². The summed E-state index contributed by atoms with van der Waals surface area (Å²) in [5.74, 6) is 0.518. The molecule has 0 spiro atoms. The Morgan fingerprint density at radius 2 is 2.45 bits per heavy atom. The zero-order valence-electron chi connectivity index (χ0n) is 6.89. The van der Waals surface area contributed by atoms with Gasteiger partial charge in [-0.3, -0.25) is 4.79 Å². The van der Waals surface area contributed by atoms with Gasteiger partial charge in [-0.2, -0.15) is 0 Å². The molecular weight excluding hydrogens is 142 g/mol. The van der Waals surface area contributed by atoms with E-state index in [1.54, 1.807) is 0 Å². The Labute approximate surface area is 66.1 Å². The van der Waals surface area contributed by atoms with E-state index < -0.39 is 0 Å². The zero-order valence-corrected chi connectivity index (χ0v) is 6.89. The molecule has 3 nitrogen and oxygen atoms in total. The normalized spacial score (nSPS) is 46.7. The van der Waals surface area contributed by atoms with Crippen molar-refractivity contribution >= 4 is 5.97 Å². The van der Waals surface area contributed by atoms with Crippen LogP contribution in [0.25, 0.3) is 0 Å². The second-order valence-corrected chi connectivity index (χ2v) is 3.56. The number of carbonyl (C=O) groups excluding carboxylic acids is 1. The number of esters is 1. The lowest BCUT2D eigenvalue weighted by Gasteiger charge is -2.16. The van der Waals surface area contributed by atoms with Gasteiger partial charge in [0.05, 0.1) is 12.5 Å². The van der Waals surface area contributed by atoms with Crippen molar-refractivity contribution < 1.29 is 9.53 Å². The van der Waals surface area contributed by atoms with Gasteiger partial charge in [0, 0.05) is 6.04 Å². The molecule has 62 valence electrons. The molecule has 1 heterocycles. The van der Waals surface area contributed by atoms with Crippen molar-refractivity contribution in [2.75, 3.05) is 13.7 Å². The first-order chi connectivity index (χ1) is 5.21. The van der Waals surface area contributed by atoms with Gasteiger partial charge in [0.2, 0.25) is 0 Å². The number of ether oxygens (including phenoxy) is 1. The lowest BCUT2D eigenvalue weighted by Crippen LogP contribution is -2.34. The van der Waals surface area contributed by atoms with Gasteiger partial charge < -0.3 is 10.1 Å². The number of piperidine rings is 1. The molecule has 2 fully saturated rings. The van der Waals surface area contributed by atoms with Crippen molar-refractivity contribution in [3.05, 3.63) is 0 Å². The molecule has 0 aromatic carbocycles. The number of nitrogens with one attached hydrogen (secondary N) is 1. The van der Waals surface area contributed by atoms with Crippen LogP contribution in [0.1, 0.15) is 13.3 Å². The molecule has 2 aliphatic rings. The second-order valence-electron chi connectivity index (χ2n) is 3.56. The Morgan fingerprint density at radius 1 is 1.73 bits per heavy atom. The van der Waals surface area contributed by atoms with Crippen LogP contribution in [0, 0.1) is 11.3 Å². The van der Waals surface area contributed by atoms with E-state index in [0.717, 1.165) is 13.0 Å². The van der Waals surface area contributed by atoms with Gasteiger partial charge in [-0.25, -0.2) is 0 Å². The fourth-order valence-corrected chi connectivity index (χ4v) is 2.25. The van der Waals surface area contributed by atoms with Gasteiger partial charge in [0.15, 0.2) is 0 Å². The smallest absolute Gasteiger partial charge is 0.313 e. The predicted octanol–water partition coefficient (Wildman–Crippen LogP) is 0.157. The highest BCUT2D eigenvalue weighted by Gasteiger charge is 2.67. The van der Waals surface area contributed by atoms with Gasteiger partial charge in [-0.05, 0) is 25.8 Å². The Bertz CT molecular complexity index is 204. The number of fused-ring (bicyclic) bond motifs is 1. The first kappa shape index (κ1) is 7.10. The standard InChI is InChI=1S/C8H13NO2/c1-5-8(7(10)11-2)3-6(8)4-9-5/h5-6,9H,3-4H2,1-2H3/t5-,6-,8-/m1/s1. The van der Waals surface area contributed by atoms with E-state index in [-0.39, 0.29) is 11.4 Å². The fraction of sp³-hybridized carbons (Fsp3) is 0.875. The van der Waals surface area contributed by atoms with Crippen LogP contribution in [0.4, 0.5) is 0 Å². The van der Waals surface area contributed by atoms with Crippen LogP contribution in [0.15, 0.2) is 0 Å². The Kier molecular flexibility index (Phi) is 1.27. The average molecular weight is 155 g/mol. The molecule has 2 rings (SSSR count). The van der Waals surface area contributed by atoms with Gasteiger partial charge >= 0.3 is 5.97 Å². The van der Waals surface area contributed by atoms with Crippen molar-refractivity contribution in [3.8, 4) is 0 Å². The first-order valence-corrected chi connectivity index (χ1v) is 4.03. The molecule has 0 bridgehead atoms. The average Bonchev–Trinajstić information content (AvgIpc) is 2.68. The van der Waals surface area contributed by atoms with Crippen LogP contribution in [-0.2, 0) is 9.53 Å². The highest BCUT2D eigenvalue weighted by molar-refractivity contribution is 5.82. The molecular formula is C8H13NO2. The van der Waals surface area contributed by atoms with Crippen LogP contribution < -0.4 is 5.32 Å². The van der Waals surface area contributed by atoms with E-state index in [1.807, 2.05) is 0 Å². The summed E-state index contributed by atoms with van der Waals surface area (Å²) in [6.07, 6.45) is 1.02. The highest BCUT2D eigenvalue weighted by atomic mass is 16.5. The van der Waals surface area contributed by atoms with Crippen LogP contribution in [-0.4, -0.2) is 25.7 Å². The van der Waals surface area contributed by atoms with Crippen molar-refractivity contribution in [2.24, 2.45) is 11.3 Å². The minimum Gasteiger partial charge on any atom is -0.469 e. The fourth-order valence-electron chi connectivity index (χ4n) is 2.25. The van der Waals surface area contributed by atoms with E-state index in [1.165, 1.54) is 7.11 Å². The summed E-state index contributed by atoms with van der Waals surface area (Å²) in [6, 6.07) is 0.306. The zero-order chi connectivity index (χ0) is 8.06. The Morgan fingerprint density at radius 3 is 2.82 bits per heavy atom. The molecule has 3 atom stereocenters. The quantitative estimate of drug-likeness (QED) is 0.548. The predicted molar refractivity (Wildman–Crippen MR) is 40.0 cm³/mol. The van der Waals surface area contributed by atoms with Gasteiger partial charge in [-0.1, -0.05) is 0 Å². The van der Waals surface area contributed by atoms with Crippen LogP contribution in [0.5, 0.6) is 0 Å². The van der Waals surface area contributed by atoms with E-state index in [2.05, 4.69) is 12.2 Å². The lowest BCUT2D eigenvalue weighted by atomic mass is 9.99. The Balaban J connectivity index is 2.18. The summed E-state index contributed by atoms with van der Waals surface area (Å²) in [5.41, 5.74) is -0.144. The molecule has 11 heavy (non-hydrogen) atoms. The lowest BCUT2D eigenvalue weighted by molar-refractivity contribution is -0.147. The van der Waals surface area contributed by atoms with Crippen molar-refractivity contribution in [2.45, 2.75) is 19.4 Å². The van der Waals surface area contributed by atoms with Gasteiger partial charge in [0.25, 0.3) is 0 Å². The van der Waals surface area contributed by atoms with E-state index in [4.69, 9.17) is 4.74 Å². The number of hydrogen-bond donors (Lipinski definition) is 1. The van der Waals surface area contributed by atoms with Crippen LogP contribution >= 0.6 is 0 Å². The van der Waals surface area contributed by atoms with Gasteiger partial charge in [0.1, 0.15) is 0 Å². The molecule has 1 aliphatic carbocycles. The van der Waals surface area contributed by atoms with Crippen molar-refractivity contribution in [1.82, 2.24) is 5.32 Å². The van der Waals surface area contributed by atoms with E-state index >= 15 is 0 Å². The van der Waals surface area contributed by atoms with Crippen LogP contribution in [0.2, 0.25) is 0 Å². The molecule has 1 saturated heterocycles. The maximum absolute atomic E-state index is 11.3. The van der Waals surface area contributed by atoms with Gasteiger partial charge in [-0.15, -0.1) is 0 Å². The van der Waals surface area contributed by atoms with Crippen LogP contribution in [0.3, 0.4) is 0 Å². The summed E-state index contributed by atoms with van der Waals surface area (Å²) >= 11 is 0. The molecule has 1 saturated carbocycles. The number of carbonyl (C=O) groups is 1. The topological polar surface area (TPSA) is 38.3 Å². The first-order valence-electron chi connectivity index (χ1n) is 4.03. The van der Waals surface area contributed by atoms with Crippen molar-refractivity contribution in [1.29, 1.82) is 0 Å². The van der Waals surface area contributed by atoms with E-state index in [9.17, 15) is 4.79 Å². The third-order valence-corrected chi connectivity index (χ3v) is 3.16. The summed E-state index contributed by atoms with van der Waals surface area (Å²) < 4.78 is 4.77. The summed E-state index contributed by atoms with van der Waals surface area (Å²) in [5, 5.41) is 3.27. The molecule has 0 amide bonds. The third kappa shape index (κ3) is 0.692. The maximum atomic E-state index is 11.3. The molecule has 0 radical (unpaired) electrons. The molecule has 0 aromatic heterocycles. The molecule has 3 heteroatoms. The second kappa shape index (κ2) is 1.97. The molecule has 1 N–H and O–H groups in total. The largest absolute Gasteiger partial charge is 0.469 e. The summed E-state index contributed by atoms with van der Waals surface area (Å²) in [6.45, 7) is 3.04. The molecule has 0 aromatic rings. The third-order valence-electron chi connectivity index (χ3n) is 3.16.